The van der Waals surface area contributed by atoms with E-state index in [1.807, 2.05) is 0 Å². The molecule has 0 bridgehead atoms. The Kier molecular flexibility index (Phi) is 4.45. The Balaban J connectivity index is 2.20. The summed E-state index contributed by atoms with van der Waals surface area (Å²) in [5.41, 5.74) is 0.547. The highest BCUT2D eigenvalue weighted by atomic mass is 19.4. The molecule has 0 saturated heterocycles. The number of carbonyl (C=O) groups excluding carboxylic acids is 1. The van der Waals surface area contributed by atoms with Gasteiger partial charge >= 0.3 is 6.18 Å². The van der Waals surface area contributed by atoms with Gasteiger partial charge in [0, 0.05) is 23.3 Å². The molecular formula is C17H12F3N3O3. The molecule has 3 rings (SSSR count). The summed E-state index contributed by atoms with van der Waals surface area (Å²) in [6.07, 6.45) is -4.62. The van der Waals surface area contributed by atoms with Crippen LogP contribution in [0, 0.1) is 10.1 Å². The van der Waals surface area contributed by atoms with Crippen LogP contribution in [0.15, 0.2) is 53.5 Å². The molecule has 6 nitrogen and oxygen atoms in total. The highest BCUT2D eigenvalue weighted by molar-refractivity contribution is 6.19. The summed E-state index contributed by atoms with van der Waals surface area (Å²) in [4.78, 5) is 27.4. The Morgan fingerprint density at radius 3 is 2.46 bits per heavy atom. The molecule has 0 unspecified atom stereocenters. The lowest BCUT2D eigenvalue weighted by Gasteiger charge is -2.24. The normalized spacial score (nSPS) is 14.5. The number of fused-ring (bicyclic) bond motifs is 1. The van der Waals surface area contributed by atoms with Crippen molar-refractivity contribution in [3.63, 3.8) is 0 Å². The molecule has 1 amide bonds. The van der Waals surface area contributed by atoms with E-state index in [1.54, 1.807) is 30.3 Å². The number of carbonyl (C=O) groups is 1. The largest absolute Gasteiger partial charge is 0.406 e. The zero-order chi connectivity index (χ0) is 18.9. The van der Waals surface area contributed by atoms with Crippen molar-refractivity contribution in [2.75, 3.05) is 18.0 Å². The molecule has 0 atom stereocenters. The van der Waals surface area contributed by atoms with E-state index < -0.39 is 30.1 Å². The molecule has 0 fully saturated rings. The van der Waals surface area contributed by atoms with Crippen molar-refractivity contribution in [3.05, 3.63) is 69.8 Å². The first-order valence-electron chi connectivity index (χ1n) is 7.52. The van der Waals surface area contributed by atoms with Gasteiger partial charge in [0.05, 0.1) is 16.3 Å². The van der Waals surface area contributed by atoms with Crippen LogP contribution in [0.5, 0.6) is 0 Å². The van der Waals surface area contributed by atoms with E-state index in [0.29, 0.717) is 10.5 Å². The lowest BCUT2D eigenvalue weighted by atomic mass is 9.99. The first kappa shape index (κ1) is 17.6. The third-order valence-corrected chi connectivity index (χ3v) is 3.79. The van der Waals surface area contributed by atoms with Crippen molar-refractivity contribution < 1.29 is 22.9 Å². The summed E-state index contributed by atoms with van der Waals surface area (Å²) in [5, 5.41) is 11.1. The predicted molar refractivity (Wildman–Crippen MR) is 88.5 cm³/mol. The van der Waals surface area contributed by atoms with Crippen LogP contribution in [0.1, 0.15) is 11.1 Å². The smallest absolute Gasteiger partial charge is 0.301 e. The number of anilines is 1. The number of nitro groups is 1. The van der Waals surface area contributed by atoms with E-state index >= 15 is 0 Å². The maximum absolute atomic E-state index is 12.9. The van der Waals surface area contributed by atoms with E-state index in [9.17, 15) is 28.1 Å². The average Bonchev–Trinajstić information content (AvgIpc) is 2.72. The first-order chi connectivity index (χ1) is 12.3. The minimum atomic E-state index is -4.62. The van der Waals surface area contributed by atoms with Crippen molar-refractivity contribution in [2.45, 2.75) is 6.18 Å². The zero-order valence-corrected chi connectivity index (χ0v) is 13.2. The quantitative estimate of drug-likeness (QED) is 0.620. The van der Waals surface area contributed by atoms with Gasteiger partial charge in [-0.25, -0.2) is 0 Å². The number of nitro benzene ring substituents is 1. The van der Waals surface area contributed by atoms with Gasteiger partial charge in [0.2, 0.25) is 5.91 Å². The number of benzene rings is 2. The van der Waals surface area contributed by atoms with E-state index in [2.05, 4.69) is 4.99 Å². The molecule has 0 N–H and O–H groups in total. The van der Waals surface area contributed by atoms with Gasteiger partial charge in [-0.15, -0.1) is 0 Å². The molecule has 0 spiro atoms. The second-order valence-electron chi connectivity index (χ2n) is 5.58. The molecule has 1 aliphatic rings. The summed E-state index contributed by atoms with van der Waals surface area (Å²) in [7, 11) is 0. The van der Waals surface area contributed by atoms with Gasteiger partial charge in [0.15, 0.2) is 0 Å². The molecular weight excluding hydrogens is 351 g/mol. The van der Waals surface area contributed by atoms with Crippen LogP contribution < -0.4 is 4.90 Å². The molecule has 1 heterocycles. The average molecular weight is 363 g/mol. The third kappa shape index (κ3) is 3.56. The van der Waals surface area contributed by atoms with Crippen molar-refractivity contribution >= 4 is 23.0 Å². The Labute approximate surface area is 145 Å². The van der Waals surface area contributed by atoms with Gasteiger partial charge in [-0.05, 0) is 6.07 Å². The highest BCUT2D eigenvalue weighted by Gasteiger charge is 2.36. The van der Waals surface area contributed by atoms with Crippen molar-refractivity contribution in [2.24, 2.45) is 4.99 Å². The minimum Gasteiger partial charge on any atom is -0.301 e. The van der Waals surface area contributed by atoms with Crippen LogP contribution in [0.3, 0.4) is 0 Å². The summed E-state index contributed by atoms with van der Waals surface area (Å²) in [6.45, 7) is -1.98. The first-order valence-corrected chi connectivity index (χ1v) is 7.52. The van der Waals surface area contributed by atoms with Crippen molar-refractivity contribution in [3.8, 4) is 0 Å². The number of halogens is 3. The van der Waals surface area contributed by atoms with Gasteiger partial charge in [-0.2, -0.15) is 13.2 Å². The van der Waals surface area contributed by atoms with Gasteiger partial charge in [-0.1, -0.05) is 30.3 Å². The van der Waals surface area contributed by atoms with Crippen LogP contribution >= 0.6 is 0 Å². The molecule has 2 aromatic carbocycles. The maximum Gasteiger partial charge on any atom is 0.406 e. The fourth-order valence-electron chi connectivity index (χ4n) is 2.71. The monoisotopic (exact) mass is 363 g/mol. The van der Waals surface area contributed by atoms with Crippen molar-refractivity contribution in [1.82, 2.24) is 0 Å². The molecule has 26 heavy (non-hydrogen) atoms. The highest BCUT2D eigenvalue weighted by Crippen LogP contribution is 2.32. The Bertz CT molecular complexity index is 895. The van der Waals surface area contributed by atoms with E-state index in [4.69, 9.17) is 0 Å². The zero-order valence-electron chi connectivity index (χ0n) is 13.2. The van der Waals surface area contributed by atoms with Gasteiger partial charge in [0.1, 0.15) is 13.1 Å². The van der Waals surface area contributed by atoms with E-state index in [1.165, 1.54) is 0 Å². The van der Waals surface area contributed by atoms with E-state index in [0.717, 1.165) is 18.2 Å². The molecule has 0 aliphatic carbocycles. The SMILES string of the molecule is O=C1CN=C(c2ccccc2)c2cc([N+](=O)[O-])ccc2N1CC(F)(F)F. The summed E-state index contributed by atoms with van der Waals surface area (Å²) in [6, 6.07) is 11.9. The second kappa shape index (κ2) is 6.58. The predicted octanol–water partition coefficient (Wildman–Crippen LogP) is 3.34. The minimum absolute atomic E-state index is 0.0574. The molecule has 0 aromatic heterocycles. The van der Waals surface area contributed by atoms with Crippen LogP contribution in [0.25, 0.3) is 0 Å². The summed E-state index contributed by atoms with van der Waals surface area (Å²) in [5.74, 6) is -0.830. The van der Waals surface area contributed by atoms with Crippen molar-refractivity contribution in [1.29, 1.82) is 0 Å². The number of nitrogens with zero attached hydrogens (tertiary/aromatic N) is 3. The Hall–Kier alpha value is -3.23. The lowest BCUT2D eigenvalue weighted by molar-refractivity contribution is -0.384. The number of non-ortho nitro benzene ring substituents is 1. The molecule has 2 aromatic rings. The Morgan fingerprint density at radius 1 is 1.15 bits per heavy atom. The molecule has 0 radical (unpaired) electrons. The molecule has 134 valence electrons. The topological polar surface area (TPSA) is 75.8 Å². The fourth-order valence-corrected chi connectivity index (χ4v) is 2.71. The lowest BCUT2D eigenvalue weighted by Crippen LogP contribution is -2.40. The molecule has 1 aliphatic heterocycles. The third-order valence-electron chi connectivity index (χ3n) is 3.79. The van der Waals surface area contributed by atoms with Crippen LogP contribution in [-0.2, 0) is 4.79 Å². The summed E-state index contributed by atoms with van der Waals surface area (Å²) >= 11 is 0. The van der Waals surface area contributed by atoms with E-state index in [-0.39, 0.29) is 22.6 Å². The van der Waals surface area contributed by atoms with Gasteiger partial charge in [0.25, 0.3) is 5.69 Å². The van der Waals surface area contributed by atoms with Crippen LogP contribution in [0.2, 0.25) is 0 Å². The number of aliphatic imine (C=N–C) groups is 1. The molecule has 9 heteroatoms. The van der Waals surface area contributed by atoms with Crippen LogP contribution in [0.4, 0.5) is 24.5 Å². The maximum atomic E-state index is 12.9. The van der Waals surface area contributed by atoms with Gasteiger partial charge in [-0.3, -0.25) is 19.9 Å². The second-order valence-corrected chi connectivity index (χ2v) is 5.58. The number of hydrogen-bond donors (Lipinski definition) is 0. The number of amides is 1. The fraction of sp³-hybridized carbons (Fsp3) is 0.176. The van der Waals surface area contributed by atoms with Gasteiger partial charge < -0.3 is 4.90 Å². The number of alkyl halides is 3. The Morgan fingerprint density at radius 2 is 1.85 bits per heavy atom. The summed E-state index contributed by atoms with van der Waals surface area (Å²) < 4.78 is 38.8. The number of hydrogen-bond acceptors (Lipinski definition) is 4. The molecule has 0 saturated carbocycles. The number of benzodiazepines with no additional fused rings is 1. The van der Waals surface area contributed by atoms with Crippen LogP contribution in [-0.4, -0.2) is 35.8 Å². The standard InChI is InChI=1S/C17H12F3N3O3/c18-17(19,20)10-22-14-7-6-12(23(25)26)8-13(14)16(21-9-15(22)24)11-4-2-1-3-5-11/h1-8H,9-10H2. The number of rotatable bonds is 3.